The molecule has 0 radical (unpaired) electrons. The van der Waals surface area contributed by atoms with Crippen molar-refractivity contribution in [2.45, 2.75) is 19.8 Å². The lowest BCUT2D eigenvalue weighted by atomic mass is 10.0. The molecule has 0 spiro atoms. The van der Waals surface area contributed by atoms with Crippen LogP contribution in [-0.2, 0) is 0 Å². The monoisotopic (exact) mass is 257 g/mol. The van der Waals surface area contributed by atoms with E-state index in [0.29, 0.717) is 11.5 Å². The zero-order valence-corrected chi connectivity index (χ0v) is 10.9. The minimum atomic E-state index is -0.265. The second-order valence-corrected chi connectivity index (χ2v) is 4.35. The summed E-state index contributed by atoms with van der Waals surface area (Å²) in [5.74, 6) is 0.322. The lowest BCUT2D eigenvalue weighted by Gasteiger charge is -2.06. The molecule has 2 aromatic rings. The van der Waals surface area contributed by atoms with Gasteiger partial charge in [-0.25, -0.2) is 0 Å². The van der Waals surface area contributed by atoms with Crippen molar-refractivity contribution in [3.8, 4) is 0 Å². The minimum absolute atomic E-state index is 0.151. The molecule has 0 fully saturated rings. The van der Waals surface area contributed by atoms with Crippen molar-refractivity contribution in [2.75, 3.05) is 5.32 Å². The van der Waals surface area contributed by atoms with Crippen LogP contribution in [-0.4, -0.2) is 26.1 Å². The van der Waals surface area contributed by atoms with Crippen molar-refractivity contribution in [1.29, 1.82) is 0 Å². The summed E-state index contributed by atoms with van der Waals surface area (Å²) in [7, 11) is 0. The molecular formula is C13H15N5O. The van der Waals surface area contributed by atoms with Crippen LogP contribution in [0.5, 0.6) is 0 Å². The second-order valence-electron chi connectivity index (χ2n) is 4.35. The van der Waals surface area contributed by atoms with E-state index in [1.54, 1.807) is 12.1 Å². The van der Waals surface area contributed by atoms with E-state index in [2.05, 4.69) is 41.2 Å². The van der Waals surface area contributed by atoms with E-state index < -0.39 is 0 Å². The summed E-state index contributed by atoms with van der Waals surface area (Å²) in [6.45, 7) is 7.70. The Bertz CT molecular complexity index is 585. The van der Waals surface area contributed by atoms with E-state index in [-0.39, 0.29) is 11.9 Å². The quantitative estimate of drug-likeness (QED) is 0.910. The van der Waals surface area contributed by atoms with Gasteiger partial charge in [-0.3, -0.25) is 10.1 Å². The molecule has 0 atom stereocenters. The molecule has 2 rings (SSSR count). The first-order valence-corrected chi connectivity index (χ1v) is 5.93. The minimum Gasteiger partial charge on any atom is -0.288 e. The van der Waals surface area contributed by atoms with Gasteiger partial charge in [-0.1, -0.05) is 37.7 Å². The van der Waals surface area contributed by atoms with Gasteiger partial charge < -0.3 is 0 Å². The third kappa shape index (κ3) is 3.04. The summed E-state index contributed by atoms with van der Waals surface area (Å²) in [4.78, 5) is 13.1. The number of hydrogen-bond donors (Lipinski definition) is 1. The number of hydrogen-bond acceptors (Lipinski definition) is 4. The van der Waals surface area contributed by atoms with Crippen LogP contribution in [0.1, 0.15) is 35.7 Å². The second kappa shape index (κ2) is 5.43. The molecule has 1 amide bonds. The Morgan fingerprint density at radius 2 is 2.05 bits per heavy atom. The van der Waals surface area contributed by atoms with E-state index in [1.807, 2.05) is 12.1 Å². The van der Waals surface area contributed by atoms with Gasteiger partial charge in [0.15, 0.2) is 0 Å². The normalized spacial score (nSPS) is 10.5. The number of benzene rings is 1. The predicted octanol–water partition coefficient (Wildman–Crippen LogP) is 2.15. The highest BCUT2D eigenvalue weighted by molar-refractivity contribution is 6.03. The van der Waals surface area contributed by atoms with Crippen LogP contribution in [0.15, 0.2) is 30.8 Å². The Morgan fingerprint density at radius 1 is 1.37 bits per heavy atom. The van der Waals surface area contributed by atoms with Crippen LogP contribution in [0.25, 0.3) is 6.20 Å². The Hall–Kier alpha value is -2.50. The highest BCUT2D eigenvalue weighted by Gasteiger charge is 2.09. The number of tetrazole rings is 1. The summed E-state index contributed by atoms with van der Waals surface area (Å²) >= 11 is 0. The van der Waals surface area contributed by atoms with Crippen molar-refractivity contribution < 1.29 is 4.79 Å². The van der Waals surface area contributed by atoms with Gasteiger partial charge in [0.2, 0.25) is 0 Å². The number of carbonyl (C=O) groups is 1. The average Bonchev–Trinajstić information content (AvgIpc) is 2.86. The third-order valence-electron chi connectivity index (χ3n) is 2.66. The molecular weight excluding hydrogens is 242 g/mol. The fourth-order valence-electron chi connectivity index (χ4n) is 1.55. The summed E-state index contributed by atoms with van der Waals surface area (Å²) in [5.41, 5.74) is 1.74. The molecule has 1 aromatic heterocycles. The number of amides is 1. The Morgan fingerprint density at radius 3 is 2.58 bits per heavy atom. The molecule has 6 heteroatoms. The SMILES string of the molecule is C=Cn1nnc(NC(=O)c2ccc(C(C)C)cc2)n1. The van der Waals surface area contributed by atoms with Crippen molar-refractivity contribution in [3.63, 3.8) is 0 Å². The fourth-order valence-corrected chi connectivity index (χ4v) is 1.55. The van der Waals surface area contributed by atoms with E-state index in [9.17, 15) is 4.79 Å². The summed E-state index contributed by atoms with van der Waals surface area (Å²) in [6.07, 6.45) is 1.39. The van der Waals surface area contributed by atoms with E-state index in [4.69, 9.17) is 0 Å². The molecule has 98 valence electrons. The van der Waals surface area contributed by atoms with Crippen molar-refractivity contribution in [3.05, 3.63) is 42.0 Å². The van der Waals surface area contributed by atoms with Gasteiger partial charge in [-0.2, -0.15) is 0 Å². The molecule has 0 aliphatic heterocycles. The van der Waals surface area contributed by atoms with Gasteiger partial charge >= 0.3 is 0 Å². The average molecular weight is 257 g/mol. The molecule has 0 aliphatic carbocycles. The first kappa shape index (κ1) is 12.9. The van der Waals surface area contributed by atoms with E-state index in [0.717, 1.165) is 0 Å². The molecule has 0 saturated carbocycles. The first-order chi connectivity index (χ1) is 9.10. The maximum absolute atomic E-state index is 11.9. The topological polar surface area (TPSA) is 72.7 Å². The largest absolute Gasteiger partial charge is 0.288 e. The van der Waals surface area contributed by atoms with Crippen LogP contribution in [0.4, 0.5) is 5.95 Å². The van der Waals surface area contributed by atoms with Crippen molar-refractivity contribution in [1.82, 2.24) is 20.2 Å². The smallest absolute Gasteiger partial charge is 0.270 e. The van der Waals surface area contributed by atoms with Crippen molar-refractivity contribution in [2.24, 2.45) is 0 Å². The Balaban J connectivity index is 2.09. The van der Waals surface area contributed by atoms with Gasteiger partial charge in [0.25, 0.3) is 11.9 Å². The number of nitrogens with one attached hydrogen (secondary N) is 1. The highest BCUT2D eigenvalue weighted by Crippen LogP contribution is 2.15. The maximum Gasteiger partial charge on any atom is 0.270 e. The van der Waals surface area contributed by atoms with Crippen LogP contribution in [0.2, 0.25) is 0 Å². The predicted molar refractivity (Wildman–Crippen MR) is 72.7 cm³/mol. The molecule has 0 aliphatic rings. The number of nitrogens with zero attached hydrogens (tertiary/aromatic N) is 4. The van der Waals surface area contributed by atoms with Gasteiger partial charge in [0, 0.05) is 11.8 Å². The molecule has 1 aromatic carbocycles. The lowest BCUT2D eigenvalue weighted by Crippen LogP contribution is -2.13. The van der Waals surface area contributed by atoms with Crippen LogP contribution in [0.3, 0.4) is 0 Å². The molecule has 1 heterocycles. The number of rotatable bonds is 4. The molecule has 0 unspecified atom stereocenters. The summed E-state index contributed by atoms with van der Waals surface area (Å²) < 4.78 is 0. The third-order valence-corrected chi connectivity index (χ3v) is 2.66. The van der Waals surface area contributed by atoms with E-state index in [1.165, 1.54) is 16.6 Å². The molecule has 0 bridgehead atoms. The van der Waals surface area contributed by atoms with Gasteiger partial charge in [0.05, 0.1) is 0 Å². The highest BCUT2D eigenvalue weighted by atomic mass is 16.1. The number of anilines is 1. The van der Waals surface area contributed by atoms with Crippen molar-refractivity contribution >= 4 is 18.1 Å². The van der Waals surface area contributed by atoms with E-state index >= 15 is 0 Å². The Labute approximate surface area is 111 Å². The standard InChI is InChI=1S/C13H15N5O/c1-4-18-16-13(15-17-18)14-12(19)11-7-5-10(6-8-11)9(2)3/h4-9H,1H2,2-3H3,(H,14,16,19). The first-order valence-electron chi connectivity index (χ1n) is 5.93. The summed E-state index contributed by atoms with van der Waals surface area (Å²) in [5, 5.41) is 13.8. The van der Waals surface area contributed by atoms with Crippen LogP contribution < -0.4 is 5.32 Å². The van der Waals surface area contributed by atoms with Gasteiger partial charge in [0.1, 0.15) is 0 Å². The Kier molecular flexibility index (Phi) is 3.70. The van der Waals surface area contributed by atoms with Crippen LogP contribution >= 0.6 is 0 Å². The molecule has 0 saturated heterocycles. The van der Waals surface area contributed by atoms with Crippen LogP contribution in [0, 0.1) is 0 Å². The zero-order valence-electron chi connectivity index (χ0n) is 10.9. The lowest BCUT2D eigenvalue weighted by molar-refractivity contribution is 0.102. The van der Waals surface area contributed by atoms with Gasteiger partial charge in [-0.05, 0) is 28.8 Å². The maximum atomic E-state index is 11.9. The van der Waals surface area contributed by atoms with Gasteiger partial charge in [-0.15, -0.1) is 9.90 Å². The number of aromatic nitrogens is 4. The molecule has 6 nitrogen and oxygen atoms in total. The molecule has 1 N–H and O–H groups in total. The fraction of sp³-hybridized carbons (Fsp3) is 0.231. The molecule has 19 heavy (non-hydrogen) atoms. The summed E-state index contributed by atoms with van der Waals surface area (Å²) in [6, 6.07) is 7.44. The number of carbonyl (C=O) groups excluding carboxylic acids is 1. The zero-order chi connectivity index (χ0) is 13.8.